The lowest BCUT2D eigenvalue weighted by molar-refractivity contribution is -0.886. The number of quaternary nitrogens is 1. The Bertz CT molecular complexity index is 121. The second-order valence-corrected chi connectivity index (χ2v) is 4.04. The lowest BCUT2D eigenvalue weighted by Crippen LogP contribution is -3.10. The van der Waals surface area contributed by atoms with Crippen molar-refractivity contribution in [1.82, 2.24) is 0 Å². The van der Waals surface area contributed by atoms with Crippen molar-refractivity contribution in [2.45, 2.75) is 39.0 Å². The van der Waals surface area contributed by atoms with Gasteiger partial charge < -0.3 is 16.7 Å². The van der Waals surface area contributed by atoms with Crippen LogP contribution in [0.3, 0.4) is 0 Å². The van der Waals surface area contributed by atoms with Crippen LogP contribution in [0.2, 0.25) is 0 Å². The lowest BCUT2D eigenvalue weighted by atomic mass is 9.92. The van der Waals surface area contributed by atoms with E-state index in [9.17, 15) is 0 Å². The maximum atomic E-state index is 6.25. The van der Waals surface area contributed by atoms with E-state index in [1.54, 1.807) is 4.90 Å². The summed E-state index contributed by atoms with van der Waals surface area (Å²) in [6.45, 7) is 9.86. The SMILES string of the molecule is CCCCC1CC[NH+](C)CC1.[C-]#N. The third kappa shape index (κ3) is 5.65. The van der Waals surface area contributed by atoms with Crippen LogP contribution in [0.4, 0.5) is 0 Å². The van der Waals surface area contributed by atoms with E-state index in [1.807, 2.05) is 0 Å². The van der Waals surface area contributed by atoms with Gasteiger partial charge in [-0.25, -0.2) is 0 Å². The minimum Gasteiger partial charge on any atom is -0.512 e. The molecule has 0 aromatic rings. The van der Waals surface area contributed by atoms with Crippen LogP contribution in [-0.2, 0) is 0 Å². The van der Waals surface area contributed by atoms with Crippen LogP contribution in [0.5, 0.6) is 0 Å². The Morgan fingerprint density at radius 3 is 2.31 bits per heavy atom. The van der Waals surface area contributed by atoms with Crippen molar-refractivity contribution < 1.29 is 4.90 Å². The number of hydrogen-bond acceptors (Lipinski definition) is 1. The van der Waals surface area contributed by atoms with Gasteiger partial charge in [0.05, 0.1) is 20.1 Å². The van der Waals surface area contributed by atoms with Gasteiger partial charge in [0.15, 0.2) is 0 Å². The summed E-state index contributed by atoms with van der Waals surface area (Å²) in [5.74, 6) is 1.07. The summed E-state index contributed by atoms with van der Waals surface area (Å²) in [6, 6.07) is 0. The van der Waals surface area contributed by atoms with Crippen molar-refractivity contribution >= 4 is 0 Å². The summed E-state index contributed by atoms with van der Waals surface area (Å²) < 4.78 is 0. The Balaban J connectivity index is 0.000000671. The molecule has 0 atom stereocenters. The molecule has 0 radical (unpaired) electrons. The molecule has 0 aliphatic carbocycles. The number of unbranched alkanes of at least 4 members (excludes halogenated alkanes) is 1. The monoisotopic (exact) mass is 182 g/mol. The first kappa shape index (κ1) is 12.4. The molecule has 0 saturated carbocycles. The fraction of sp³-hybridized carbons (Fsp3) is 0.909. The Morgan fingerprint density at radius 1 is 1.31 bits per heavy atom. The fourth-order valence-corrected chi connectivity index (χ4v) is 1.95. The zero-order chi connectivity index (χ0) is 10.1. The van der Waals surface area contributed by atoms with Crippen molar-refractivity contribution in [3.8, 4) is 0 Å². The quantitative estimate of drug-likeness (QED) is 0.653. The van der Waals surface area contributed by atoms with Gasteiger partial charge in [-0.2, -0.15) is 0 Å². The minimum atomic E-state index is 1.07. The van der Waals surface area contributed by atoms with E-state index in [0.29, 0.717) is 0 Å². The highest BCUT2D eigenvalue weighted by atomic mass is 15.1. The average molecular weight is 182 g/mol. The highest BCUT2D eigenvalue weighted by Gasteiger charge is 2.17. The molecule has 13 heavy (non-hydrogen) atoms. The van der Waals surface area contributed by atoms with Gasteiger partial charge in [-0.05, 0) is 18.8 Å². The Hall–Kier alpha value is -0.550. The molecule has 1 N–H and O–H groups in total. The fourth-order valence-electron chi connectivity index (χ4n) is 1.95. The van der Waals surface area contributed by atoms with E-state index in [-0.39, 0.29) is 0 Å². The molecule has 1 heterocycles. The van der Waals surface area contributed by atoms with Crippen molar-refractivity contribution in [2.24, 2.45) is 5.92 Å². The van der Waals surface area contributed by atoms with Gasteiger partial charge in [-0.3, -0.25) is 0 Å². The minimum absolute atomic E-state index is 1.07. The molecular weight excluding hydrogens is 160 g/mol. The van der Waals surface area contributed by atoms with Gasteiger partial charge >= 0.3 is 0 Å². The van der Waals surface area contributed by atoms with E-state index in [4.69, 9.17) is 11.8 Å². The van der Waals surface area contributed by atoms with Crippen LogP contribution in [0.1, 0.15) is 39.0 Å². The number of nitrogens with one attached hydrogen (secondary N) is 1. The van der Waals surface area contributed by atoms with Crippen LogP contribution in [0, 0.1) is 17.8 Å². The maximum absolute atomic E-state index is 6.25. The van der Waals surface area contributed by atoms with E-state index >= 15 is 0 Å². The third-order valence-electron chi connectivity index (χ3n) is 2.92. The zero-order valence-electron chi connectivity index (χ0n) is 8.97. The highest BCUT2D eigenvalue weighted by molar-refractivity contribution is 4.61. The van der Waals surface area contributed by atoms with Gasteiger partial charge in [0, 0.05) is 0 Å². The molecule has 2 heteroatoms. The Labute approximate surface area is 82.5 Å². The first-order valence-corrected chi connectivity index (χ1v) is 5.36. The molecular formula is C11H22N2. The largest absolute Gasteiger partial charge is 0.512 e. The molecule has 0 bridgehead atoms. The molecule has 0 amide bonds. The molecule has 1 fully saturated rings. The number of likely N-dealkylation sites (tertiary alicyclic amines) is 1. The second kappa shape index (κ2) is 8.07. The predicted octanol–water partition coefficient (Wildman–Crippen LogP) is 1.20. The molecule has 76 valence electrons. The van der Waals surface area contributed by atoms with Gasteiger partial charge in [0.25, 0.3) is 0 Å². The normalized spacial score (nSPS) is 27.4. The number of piperidine rings is 1. The summed E-state index contributed by atoms with van der Waals surface area (Å²) in [6.07, 6.45) is 7.27. The van der Waals surface area contributed by atoms with Crippen LogP contribution >= 0.6 is 0 Å². The number of rotatable bonds is 3. The molecule has 0 unspecified atom stereocenters. The van der Waals surface area contributed by atoms with E-state index in [0.717, 1.165) is 5.92 Å². The maximum Gasteiger partial charge on any atom is 0.0771 e. The summed E-state index contributed by atoms with van der Waals surface area (Å²) in [4.78, 5) is 1.73. The lowest BCUT2D eigenvalue weighted by Gasteiger charge is -2.26. The van der Waals surface area contributed by atoms with Crippen molar-refractivity contribution in [3.05, 3.63) is 6.57 Å². The molecule has 0 spiro atoms. The van der Waals surface area contributed by atoms with E-state index in [1.165, 1.54) is 45.2 Å². The van der Waals surface area contributed by atoms with Crippen LogP contribution < -0.4 is 4.90 Å². The molecule has 1 rings (SSSR count). The van der Waals surface area contributed by atoms with Crippen molar-refractivity contribution in [1.29, 1.82) is 5.26 Å². The topological polar surface area (TPSA) is 28.2 Å². The van der Waals surface area contributed by atoms with Crippen molar-refractivity contribution in [3.63, 3.8) is 0 Å². The molecule has 1 aliphatic heterocycles. The van der Waals surface area contributed by atoms with Gasteiger partial charge in [0.1, 0.15) is 0 Å². The van der Waals surface area contributed by atoms with Crippen LogP contribution in [0.25, 0.3) is 0 Å². The van der Waals surface area contributed by atoms with Gasteiger partial charge in [0.2, 0.25) is 0 Å². The smallest absolute Gasteiger partial charge is 0.0771 e. The van der Waals surface area contributed by atoms with E-state index in [2.05, 4.69) is 14.0 Å². The molecule has 1 aliphatic rings. The number of nitrogens with zero attached hydrogens (tertiary/aromatic N) is 1. The average Bonchev–Trinajstić information content (AvgIpc) is 2.20. The van der Waals surface area contributed by atoms with E-state index < -0.39 is 0 Å². The highest BCUT2D eigenvalue weighted by Crippen LogP contribution is 2.16. The standard InChI is InChI=1S/C10H21N.CN/c1-3-4-5-10-6-8-11(2)9-7-10;1-2/h10H,3-9H2,1-2H3;/q;-1/p+1. The molecule has 2 nitrogen and oxygen atoms in total. The van der Waals surface area contributed by atoms with Crippen LogP contribution in [-0.4, -0.2) is 20.1 Å². The second-order valence-electron chi connectivity index (χ2n) is 4.04. The first-order chi connectivity index (χ1) is 6.33. The predicted molar refractivity (Wildman–Crippen MR) is 53.8 cm³/mol. The van der Waals surface area contributed by atoms with Crippen LogP contribution in [0.15, 0.2) is 0 Å². The summed E-state index contributed by atoms with van der Waals surface area (Å²) in [7, 11) is 2.32. The molecule has 0 aromatic carbocycles. The number of hydrogen-bond donors (Lipinski definition) is 1. The molecule has 0 aromatic heterocycles. The van der Waals surface area contributed by atoms with Gasteiger partial charge in [-0.1, -0.05) is 26.2 Å². The molecule has 1 saturated heterocycles. The Kier molecular flexibility index (Phi) is 7.73. The summed E-state index contributed by atoms with van der Waals surface area (Å²) >= 11 is 0. The van der Waals surface area contributed by atoms with Gasteiger partial charge in [-0.15, -0.1) is 0 Å². The zero-order valence-corrected chi connectivity index (χ0v) is 8.97. The summed E-state index contributed by atoms with van der Waals surface area (Å²) in [5, 5.41) is 6.25. The van der Waals surface area contributed by atoms with Crippen molar-refractivity contribution in [2.75, 3.05) is 20.1 Å². The first-order valence-electron chi connectivity index (χ1n) is 5.36. The Morgan fingerprint density at radius 2 is 1.85 bits per heavy atom. The summed E-state index contributed by atoms with van der Waals surface area (Å²) in [5.41, 5.74) is 0. The third-order valence-corrected chi connectivity index (χ3v) is 2.92.